The summed E-state index contributed by atoms with van der Waals surface area (Å²) in [7, 11) is 0. The van der Waals surface area contributed by atoms with E-state index in [2.05, 4.69) is 0 Å². The van der Waals surface area contributed by atoms with Gasteiger partial charge in [-0.15, -0.1) is 0 Å². The van der Waals surface area contributed by atoms with Crippen molar-refractivity contribution in [1.29, 1.82) is 0 Å². The maximum absolute atomic E-state index is 10.3. The van der Waals surface area contributed by atoms with Crippen LogP contribution in [0.5, 0.6) is 0 Å². The van der Waals surface area contributed by atoms with Crippen LogP contribution >= 0.6 is 0 Å². The highest BCUT2D eigenvalue weighted by molar-refractivity contribution is 5.66. The van der Waals surface area contributed by atoms with Crippen LogP contribution in [-0.4, -0.2) is 33.4 Å². The Morgan fingerprint density at radius 2 is 0.952 bits per heavy atom. The van der Waals surface area contributed by atoms with Crippen LogP contribution in [0.15, 0.2) is 0 Å². The molecule has 0 fully saturated rings. The van der Waals surface area contributed by atoms with Gasteiger partial charge in [0.25, 0.3) is 0 Å². The highest BCUT2D eigenvalue weighted by atomic mass is 16.4. The summed E-state index contributed by atoms with van der Waals surface area (Å²) in [6.07, 6.45) is 10.2. The van der Waals surface area contributed by atoms with E-state index < -0.39 is 11.9 Å². The molecule has 0 saturated carbocycles. The highest BCUT2D eigenvalue weighted by Gasteiger charge is 2.04. The fraction of sp³-hybridized carbons (Fsp3) is 0.875. The largest absolute Gasteiger partial charge is 0.481 e. The summed E-state index contributed by atoms with van der Waals surface area (Å²) < 4.78 is 0. The molecule has 124 valence electrons. The normalized spacial score (nSPS) is 12.2. The number of carboxylic acid groups (broad SMARTS) is 2. The number of rotatable bonds is 15. The van der Waals surface area contributed by atoms with Crippen molar-refractivity contribution in [2.45, 2.75) is 89.6 Å². The molecule has 0 heterocycles. The Morgan fingerprint density at radius 1 is 0.619 bits per heavy atom. The van der Waals surface area contributed by atoms with E-state index in [9.17, 15) is 14.7 Å². The van der Waals surface area contributed by atoms with Gasteiger partial charge in [-0.05, 0) is 25.7 Å². The summed E-state index contributed by atoms with van der Waals surface area (Å²) >= 11 is 0. The fourth-order valence-electron chi connectivity index (χ4n) is 2.34. The van der Waals surface area contributed by atoms with Crippen molar-refractivity contribution in [3.8, 4) is 0 Å². The fourth-order valence-corrected chi connectivity index (χ4v) is 2.34. The predicted molar refractivity (Wildman–Crippen MR) is 81.3 cm³/mol. The first-order chi connectivity index (χ1) is 10.0. The third-order valence-corrected chi connectivity index (χ3v) is 3.61. The molecule has 0 aliphatic heterocycles. The summed E-state index contributed by atoms with van der Waals surface area (Å²) in [6.45, 7) is 0. The molecule has 0 aliphatic rings. The third-order valence-electron chi connectivity index (χ3n) is 3.61. The van der Waals surface area contributed by atoms with Crippen LogP contribution in [0.2, 0.25) is 0 Å². The zero-order valence-electron chi connectivity index (χ0n) is 12.9. The van der Waals surface area contributed by atoms with Gasteiger partial charge in [0.1, 0.15) is 0 Å². The molecule has 0 radical (unpaired) electrons. The second-order valence-electron chi connectivity index (χ2n) is 5.70. The van der Waals surface area contributed by atoms with Gasteiger partial charge in [0.2, 0.25) is 0 Å². The van der Waals surface area contributed by atoms with Crippen LogP contribution in [0.4, 0.5) is 0 Å². The number of unbranched alkanes of at least 4 members (excludes halogenated alkanes) is 7. The predicted octanol–water partition coefficient (Wildman–Crippen LogP) is 3.59. The lowest BCUT2D eigenvalue weighted by molar-refractivity contribution is -0.138. The van der Waals surface area contributed by atoms with Crippen molar-refractivity contribution < 1.29 is 24.9 Å². The number of hydrogen-bond acceptors (Lipinski definition) is 3. The van der Waals surface area contributed by atoms with E-state index in [1.165, 1.54) is 0 Å². The molecule has 0 rings (SSSR count). The minimum Gasteiger partial charge on any atom is -0.481 e. The summed E-state index contributed by atoms with van der Waals surface area (Å²) in [4.78, 5) is 20.6. The molecule has 0 unspecified atom stereocenters. The Bertz CT molecular complexity index is 278. The molecule has 21 heavy (non-hydrogen) atoms. The van der Waals surface area contributed by atoms with E-state index in [0.717, 1.165) is 64.2 Å². The Kier molecular flexibility index (Phi) is 13.1. The van der Waals surface area contributed by atoms with E-state index >= 15 is 0 Å². The van der Waals surface area contributed by atoms with Gasteiger partial charge in [-0.2, -0.15) is 0 Å². The highest BCUT2D eigenvalue weighted by Crippen LogP contribution is 2.13. The van der Waals surface area contributed by atoms with Crippen molar-refractivity contribution in [3.05, 3.63) is 0 Å². The second-order valence-corrected chi connectivity index (χ2v) is 5.70. The SMILES string of the molecule is O=C(O)CCCCCCCC[C@@H](O)CCCCCC(=O)O. The maximum atomic E-state index is 10.3. The van der Waals surface area contributed by atoms with E-state index in [1.54, 1.807) is 0 Å². The molecular weight excluding hydrogens is 272 g/mol. The van der Waals surface area contributed by atoms with Gasteiger partial charge >= 0.3 is 11.9 Å². The summed E-state index contributed by atoms with van der Waals surface area (Å²) in [6, 6.07) is 0. The van der Waals surface area contributed by atoms with Crippen LogP contribution in [0.25, 0.3) is 0 Å². The van der Waals surface area contributed by atoms with Gasteiger partial charge in [-0.1, -0.05) is 44.9 Å². The quantitative estimate of drug-likeness (QED) is 0.402. The first-order valence-corrected chi connectivity index (χ1v) is 8.14. The zero-order valence-corrected chi connectivity index (χ0v) is 12.9. The van der Waals surface area contributed by atoms with Crippen LogP contribution in [-0.2, 0) is 9.59 Å². The minimum absolute atomic E-state index is 0.220. The van der Waals surface area contributed by atoms with Gasteiger partial charge in [-0.3, -0.25) is 9.59 Å². The first-order valence-electron chi connectivity index (χ1n) is 8.14. The van der Waals surface area contributed by atoms with Gasteiger partial charge in [0.15, 0.2) is 0 Å². The van der Waals surface area contributed by atoms with Crippen molar-refractivity contribution in [2.24, 2.45) is 0 Å². The molecule has 0 bridgehead atoms. The molecule has 5 nitrogen and oxygen atoms in total. The number of aliphatic hydroxyl groups is 1. The summed E-state index contributed by atoms with van der Waals surface area (Å²) in [5, 5.41) is 26.8. The zero-order chi connectivity index (χ0) is 15.9. The average molecular weight is 302 g/mol. The van der Waals surface area contributed by atoms with E-state index in [4.69, 9.17) is 10.2 Å². The lowest BCUT2D eigenvalue weighted by Gasteiger charge is -2.10. The lowest BCUT2D eigenvalue weighted by atomic mass is 10.0. The smallest absolute Gasteiger partial charge is 0.303 e. The molecule has 5 heteroatoms. The molecule has 1 atom stereocenters. The minimum atomic E-state index is -0.751. The molecular formula is C16H30O5. The molecule has 3 N–H and O–H groups in total. The molecule has 0 aromatic heterocycles. The second kappa shape index (κ2) is 13.9. The van der Waals surface area contributed by atoms with Crippen LogP contribution in [0, 0.1) is 0 Å². The van der Waals surface area contributed by atoms with E-state index in [-0.39, 0.29) is 18.9 Å². The number of aliphatic carboxylic acids is 2. The van der Waals surface area contributed by atoms with Crippen molar-refractivity contribution >= 4 is 11.9 Å². The van der Waals surface area contributed by atoms with Gasteiger partial charge in [-0.25, -0.2) is 0 Å². The summed E-state index contributed by atoms with van der Waals surface area (Å²) in [5.41, 5.74) is 0. The van der Waals surface area contributed by atoms with Gasteiger partial charge in [0, 0.05) is 12.8 Å². The van der Waals surface area contributed by atoms with Crippen LogP contribution in [0.3, 0.4) is 0 Å². The van der Waals surface area contributed by atoms with Crippen molar-refractivity contribution in [3.63, 3.8) is 0 Å². The van der Waals surface area contributed by atoms with Crippen molar-refractivity contribution in [2.75, 3.05) is 0 Å². The number of hydrogen-bond donors (Lipinski definition) is 3. The molecule has 0 aromatic carbocycles. The summed E-state index contributed by atoms with van der Waals surface area (Å²) in [5.74, 6) is -1.47. The van der Waals surface area contributed by atoms with Crippen LogP contribution < -0.4 is 0 Å². The van der Waals surface area contributed by atoms with E-state index in [0.29, 0.717) is 6.42 Å². The third kappa shape index (κ3) is 16.8. The number of carbonyl (C=O) groups is 2. The Labute approximate surface area is 127 Å². The number of aliphatic hydroxyl groups excluding tert-OH is 1. The molecule has 0 amide bonds. The molecule has 0 spiro atoms. The molecule has 0 aliphatic carbocycles. The first kappa shape index (κ1) is 19.9. The Hall–Kier alpha value is -1.10. The maximum Gasteiger partial charge on any atom is 0.303 e. The van der Waals surface area contributed by atoms with E-state index in [1.807, 2.05) is 0 Å². The van der Waals surface area contributed by atoms with Crippen LogP contribution in [0.1, 0.15) is 83.5 Å². The van der Waals surface area contributed by atoms with Crippen molar-refractivity contribution in [1.82, 2.24) is 0 Å². The van der Waals surface area contributed by atoms with Gasteiger partial charge in [0.05, 0.1) is 6.10 Å². The monoisotopic (exact) mass is 302 g/mol. The lowest BCUT2D eigenvalue weighted by Crippen LogP contribution is -2.06. The topological polar surface area (TPSA) is 94.8 Å². The standard InChI is InChI=1S/C16H30O5/c17-14(11-7-5-9-13-16(20)21)10-6-3-1-2-4-8-12-15(18)19/h14,17H,1-13H2,(H,18,19)(H,20,21)/t14-/m1/s1. The molecule has 0 aromatic rings. The molecule has 0 saturated heterocycles. The average Bonchev–Trinajstić information content (AvgIpc) is 2.40. The number of carboxylic acids is 2. The Balaban J connectivity index is 3.20. The Morgan fingerprint density at radius 3 is 1.38 bits per heavy atom. The van der Waals surface area contributed by atoms with Gasteiger partial charge < -0.3 is 15.3 Å².